The summed E-state index contributed by atoms with van der Waals surface area (Å²) in [6.45, 7) is 4.38. The summed E-state index contributed by atoms with van der Waals surface area (Å²) in [7, 11) is 0. The van der Waals surface area contributed by atoms with Crippen LogP contribution < -0.4 is 5.73 Å². The summed E-state index contributed by atoms with van der Waals surface area (Å²) in [5, 5.41) is 19.8. The van der Waals surface area contributed by atoms with E-state index in [9.17, 15) is 10.2 Å². The number of phenolic OH excluding ortho intramolecular Hbond substituents is 1. The van der Waals surface area contributed by atoms with E-state index in [4.69, 9.17) is 5.73 Å². The van der Waals surface area contributed by atoms with Gasteiger partial charge >= 0.3 is 0 Å². The minimum atomic E-state index is -0.549. The molecule has 1 heterocycles. The number of likely N-dealkylation sites (tertiary alicyclic amines) is 1. The number of hydrogen-bond donors (Lipinski definition) is 3. The van der Waals surface area contributed by atoms with Crippen LogP contribution in [-0.4, -0.2) is 33.8 Å². The van der Waals surface area contributed by atoms with Gasteiger partial charge in [-0.05, 0) is 50.9 Å². The molecule has 1 aromatic carbocycles. The molecule has 0 aromatic heterocycles. The van der Waals surface area contributed by atoms with Crippen LogP contribution in [0.15, 0.2) is 18.2 Å². The van der Waals surface area contributed by atoms with Gasteiger partial charge in [0.15, 0.2) is 0 Å². The van der Waals surface area contributed by atoms with E-state index < -0.39 is 5.60 Å². The Kier molecular flexibility index (Phi) is 3.78. The highest BCUT2D eigenvalue weighted by atomic mass is 16.3. The van der Waals surface area contributed by atoms with Gasteiger partial charge in [0, 0.05) is 24.3 Å². The van der Waals surface area contributed by atoms with E-state index in [0.29, 0.717) is 18.0 Å². The molecule has 2 rings (SSSR count). The molecular formula is C14H22N2O2. The minimum absolute atomic E-state index is 0.292. The zero-order chi connectivity index (χ0) is 13.2. The Morgan fingerprint density at radius 1 is 1.33 bits per heavy atom. The molecule has 100 valence electrons. The zero-order valence-corrected chi connectivity index (χ0v) is 10.9. The first-order chi connectivity index (χ1) is 8.46. The molecule has 18 heavy (non-hydrogen) atoms. The predicted molar refractivity (Wildman–Crippen MR) is 72.3 cm³/mol. The molecule has 1 saturated heterocycles. The van der Waals surface area contributed by atoms with Gasteiger partial charge in [-0.25, -0.2) is 0 Å². The van der Waals surface area contributed by atoms with Crippen LogP contribution in [0.5, 0.6) is 5.75 Å². The number of anilines is 1. The van der Waals surface area contributed by atoms with Crippen LogP contribution in [0.25, 0.3) is 0 Å². The third-order valence-corrected chi connectivity index (χ3v) is 3.65. The van der Waals surface area contributed by atoms with Gasteiger partial charge in [0.2, 0.25) is 0 Å². The number of aromatic hydroxyl groups is 1. The lowest BCUT2D eigenvalue weighted by molar-refractivity contribution is 0.0444. The molecule has 0 spiro atoms. The van der Waals surface area contributed by atoms with E-state index in [1.54, 1.807) is 12.1 Å². The van der Waals surface area contributed by atoms with Crippen LogP contribution >= 0.6 is 0 Å². The van der Waals surface area contributed by atoms with E-state index >= 15 is 0 Å². The standard InChI is InChI=1S/C14H22N2O2/c1-14(18)5-2-7-16(8-6-14)10-11-9-12(15)3-4-13(11)17/h3-4,9,17-18H,2,5-8,10,15H2,1H3. The van der Waals surface area contributed by atoms with Crippen molar-refractivity contribution in [3.8, 4) is 5.75 Å². The van der Waals surface area contributed by atoms with Gasteiger partial charge in [0.25, 0.3) is 0 Å². The molecular weight excluding hydrogens is 228 g/mol. The quantitative estimate of drug-likeness (QED) is 0.552. The highest BCUT2D eigenvalue weighted by Crippen LogP contribution is 2.25. The van der Waals surface area contributed by atoms with Crippen LogP contribution in [0.1, 0.15) is 31.7 Å². The number of rotatable bonds is 2. The lowest BCUT2D eigenvalue weighted by Crippen LogP contribution is -2.28. The molecule has 0 saturated carbocycles. The number of nitrogens with two attached hydrogens (primary N) is 1. The van der Waals surface area contributed by atoms with Crippen molar-refractivity contribution in [1.29, 1.82) is 0 Å². The van der Waals surface area contributed by atoms with Crippen molar-refractivity contribution in [1.82, 2.24) is 4.90 Å². The fourth-order valence-corrected chi connectivity index (χ4v) is 2.45. The van der Waals surface area contributed by atoms with Crippen LogP contribution in [0, 0.1) is 0 Å². The number of benzene rings is 1. The largest absolute Gasteiger partial charge is 0.508 e. The van der Waals surface area contributed by atoms with Crippen molar-refractivity contribution < 1.29 is 10.2 Å². The first-order valence-corrected chi connectivity index (χ1v) is 6.48. The van der Waals surface area contributed by atoms with E-state index in [1.807, 2.05) is 13.0 Å². The average molecular weight is 250 g/mol. The van der Waals surface area contributed by atoms with Gasteiger partial charge in [0.1, 0.15) is 5.75 Å². The summed E-state index contributed by atoms with van der Waals surface area (Å²) in [4.78, 5) is 2.26. The highest BCUT2D eigenvalue weighted by Gasteiger charge is 2.25. The monoisotopic (exact) mass is 250 g/mol. The Morgan fingerprint density at radius 2 is 2.11 bits per heavy atom. The second-order valence-electron chi connectivity index (χ2n) is 5.51. The number of phenols is 1. The molecule has 1 aromatic rings. The van der Waals surface area contributed by atoms with Gasteiger partial charge in [-0.3, -0.25) is 4.90 Å². The van der Waals surface area contributed by atoms with Crippen molar-refractivity contribution >= 4 is 5.69 Å². The zero-order valence-electron chi connectivity index (χ0n) is 10.9. The molecule has 4 nitrogen and oxygen atoms in total. The van der Waals surface area contributed by atoms with E-state index in [0.717, 1.165) is 37.9 Å². The smallest absolute Gasteiger partial charge is 0.120 e. The third kappa shape index (κ3) is 3.37. The maximum Gasteiger partial charge on any atom is 0.120 e. The summed E-state index contributed by atoms with van der Waals surface area (Å²) >= 11 is 0. The lowest BCUT2D eigenvalue weighted by atomic mass is 9.98. The Balaban J connectivity index is 2.03. The molecule has 4 heteroatoms. The van der Waals surface area contributed by atoms with Crippen molar-refractivity contribution in [2.24, 2.45) is 0 Å². The summed E-state index contributed by atoms with van der Waals surface area (Å²) in [5.41, 5.74) is 6.72. The predicted octanol–water partition coefficient (Wildman–Crippen LogP) is 1.71. The van der Waals surface area contributed by atoms with Crippen LogP contribution in [0.3, 0.4) is 0 Å². The van der Waals surface area contributed by atoms with Gasteiger partial charge < -0.3 is 15.9 Å². The number of aliphatic hydroxyl groups is 1. The van der Waals surface area contributed by atoms with Crippen molar-refractivity contribution in [2.75, 3.05) is 18.8 Å². The molecule has 1 aliphatic heterocycles. The van der Waals surface area contributed by atoms with Gasteiger partial charge in [0.05, 0.1) is 5.60 Å². The first kappa shape index (κ1) is 13.2. The van der Waals surface area contributed by atoms with Crippen LogP contribution in [0.2, 0.25) is 0 Å². The summed E-state index contributed by atoms with van der Waals surface area (Å²) < 4.78 is 0. The Morgan fingerprint density at radius 3 is 2.89 bits per heavy atom. The van der Waals surface area contributed by atoms with E-state index in [2.05, 4.69) is 4.90 Å². The Bertz CT molecular complexity index is 418. The van der Waals surface area contributed by atoms with Gasteiger partial charge in [-0.15, -0.1) is 0 Å². The lowest BCUT2D eigenvalue weighted by Gasteiger charge is -2.22. The maximum absolute atomic E-state index is 10.0. The second-order valence-corrected chi connectivity index (χ2v) is 5.51. The number of hydrogen-bond acceptors (Lipinski definition) is 4. The molecule has 1 atom stereocenters. The SMILES string of the molecule is CC1(O)CCCN(Cc2cc(N)ccc2O)CC1. The molecule has 1 aliphatic rings. The molecule has 0 radical (unpaired) electrons. The second kappa shape index (κ2) is 5.16. The van der Waals surface area contributed by atoms with Crippen LogP contribution in [0.4, 0.5) is 5.69 Å². The summed E-state index contributed by atoms with van der Waals surface area (Å²) in [6.07, 6.45) is 2.60. The molecule has 0 bridgehead atoms. The van der Waals surface area contributed by atoms with E-state index in [-0.39, 0.29) is 0 Å². The summed E-state index contributed by atoms with van der Waals surface area (Å²) in [5.74, 6) is 0.292. The highest BCUT2D eigenvalue weighted by molar-refractivity contribution is 5.47. The minimum Gasteiger partial charge on any atom is -0.508 e. The van der Waals surface area contributed by atoms with Crippen LogP contribution in [-0.2, 0) is 6.54 Å². The van der Waals surface area contributed by atoms with Gasteiger partial charge in [-0.2, -0.15) is 0 Å². The molecule has 1 fully saturated rings. The molecule has 1 unspecified atom stereocenters. The molecule has 0 aliphatic carbocycles. The number of nitrogen functional groups attached to an aromatic ring is 1. The number of nitrogens with zero attached hydrogens (tertiary/aromatic N) is 1. The normalized spacial score (nSPS) is 25.9. The third-order valence-electron chi connectivity index (χ3n) is 3.65. The maximum atomic E-state index is 10.0. The Hall–Kier alpha value is -1.26. The fraction of sp³-hybridized carbons (Fsp3) is 0.571. The molecule has 0 amide bonds. The van der Waals surface area contributed by atoms with E-state index in [1.165, 1.54) is 0 Å². The average Bonchev–Trinajstić information content (AvgIpc) is 2.46. The fourth-order valence-electron chi connectivity index (χ4n) is 2.45. The van der Waals surface area contributed by atoms with Crippen molar-refractivity contribution in [3.05, 3.63) is 23.8 Å². The molecule has 4 N–H and O–H groups in total. The van der Waals surface area contributed by atoms with Gasteiger partial charge in [-0.1, -0.05) is 0 Å². The topological polar surface area (TPSA) is 69.7 Å². The first-order valence-electron chi connectivity index (χ1n) is 6.48. The Labute approximate surface area is 108 Å². The van der Waals surface area contributed by atoms with Crippen molar-refractivity contribution in [3.63, 3.8) is 0 Å². The van der Waals surface area contributed by atoms with Crippen molar-refractivity contribution in [2.45, 2.75) is 38.3 Å². The summed E-state index contributed by atoms with van der Waals surface area (Å²) in [6, 6.07) is 5.16.